The number of carbonyl (C=O) groups excluding carboxylic acids is 2. The number of nitrogens with zero attached hydrogens (tertiary/aromatic N) is 2. The van der Waals surface area contributed by atoms with Crippen molar-refractivity contribution in [2.24, 2.45) is 5.73 Å². The van der Waals surface area contributed by atoms with E-state index in [1.807, 2.05) is 30.3 Å². The van der Waals surface area contributed by atoms with Crippen LogP contribution in [0.25, 0.3) is 5.57 Å². The Balaban J connectivity index is 1.25. The van der Waals surface area contributed by atoms with E-state index in [0.29, 0.717) is 37.1 Å². The Morgan fingerprint density at radius 3 is 2.44 bits per heavy atom. The van der Waals surface area contributed by atoms with Crippen molar-refractivity contribution in [2.75, 3.05) is 50.9 Å². The maximum absolute atomic E-state index is 13.0. The van der Waals surface area contributed by atoms with Crippen LogP contribution in [0.5, 0.6) is 0 Å². The summed E-state index contributed by atoms with van der Waals surface area (Å²) in [5.74, 6) is -0.260. The molecule has 3 N–H and O–H groups in total. The molecule has 4 rings (SSSR count). The van der Waals surface area contributed by atoms with Gasteiger partial charge in [-0.2, -0.15) is 0 Å². The lowest BCUT2D eigenvalue weighted by atomic mass is 10.0. The maximum atomic E-state index is 13.0. The first kappa shape index (κ1) is 23.7. The van der Waals surface area contributed by atoms with Crippen LogP contribution >= 0.6 is 0 Å². The van der Waals surface area contributed by atoms with Crippen LogP contribution in [0.1, 0.15) is 23.1 Å². The molecule has 0 radical (unpaired) electrons. The minimum atomic E-state index is -0.197. The lowest BCUT2D eigenvalue weighted by molar-refractivity contribution is -0.144. The number of esters is 1. The second kappa shape index (κ2) is 11.1. The third-order valence-electron chi connectivity index (χ3n) is 6.10. The van der Waals surface area contributed by atoms with Crippen molar-refractivity contribution in [3.05, 3.63) is 71.3 Å². The molecule has 0 aromatic heterocycles. The highest BCUT2D eigenvalue weighted by atomic mass is 16.5. The van der Waals surface area contributed by atoms with E-state index in [9.17, 15) is 9.59 Å². The van der Waals surface area contributed by atoms with E-state index < -0.39 is 0 Å². The number of anilines is 1. The first-order valence-corrected chi connectivity index (χ1v) is 11.5. The van der Waals surface area contributed by atoms with Gasteiger partial charge in [-0.3, -0.25) is 19.9 Å². The molecule has 0 spiro atoms. The topological polar surface area (TPSA) is 109 Å². The summed E-state index contributed by atoms with van der Waals surface area (Å²) in [6.45, 7) is 4.87. The van der Waals surface area contributed by atoms with Gasteiger partial charge in [0.05, 0.1) is 13.2 Å². The third kappa shape index (κ3) is 5.89. The van der Waals surface area contributed by atoms with Crippen LogP contribution in [-0.2, 0) is 25.5 Å². The summed E-state index contributed by atoms with van der Waals surface area (Å²) in [5, 5.41) is 7.49. The molecule has 1 amide bonds. The fourth-order valence-electron chi connectivity index (χ4n) is 4.07. The van der Waals surface area contributed by atoms with Gasteiger partial charge in [0.15, 0.2) is 0 Å². The van der Waals surface area contributed by atoms with Gasteiger partial charge in [0, 0.05) is 49.4 Å². The van der Waals surface area contributed by atoms with Crippen LogP contribution in [0.15, 0.2) is 54.6 Å². The Hall–Kier alpha value is -3.49. The Morgan fingerprint density at radius 1 is 1.06 bits per heavy atom. The number of amides is 1. The molecular weight excluding hydrogens is 432 g/mol. The number of nitrogens with one attached hydrogen (secondary N) is 1. The van der Waals surface area contributed by atoms with Gasteiger partial charge in [0.25, 0.3) is 5.91 Å². The molecule has 34 heavy (non-hydrogen) atoms. The Bertz CT molecular complexity index is 1060. The number of nitrogens with two attached hydrogens (primary N) is 1. The second-order valence-corrected chi connectivity index (χ2v) is 8.37. The lowest BCUT2D eigenvalue weighted by Gasteiger charge is -2.26. The number of nitrogen functional groups attached to an aromatic ring is 1. The zero-order valence-corrected chi connectivity index (χ0v) is 19.2. The van der Waals surface area contributed by atoms with E-state index in [4.69, 9.17) is 20.6 Å². The molecule has 0 saturated carbocycles. The van der Waals surface area contributed by atoms with E-state index >= 15 is 0 Å². The zero-order valence-electron chi connectivity index (χ0n) is 19.2. The van der Waals surface area contributed by atoms with Crippen LogP contribution < -0.4 is 10.6 Å². The van der Waals surface area contributed by atoms with Gasteiger partial charge in [-0.25, -0.2) is 0 Å². The number of morpholine rings is 1. The number of hydrogen-bond donors (Lipinski definition) is 2. The van der Waals surface area contributed by atoms with E-state index in [-0.39, 0.29) is 17.7 Å². The molecule has 0 unspecified atom stereocenters. The Kier molecular flexibility index (Phi) is 7.72. The summed E-state index contributed by atoms with van der Waals surface area (Å²) in [7, 11) is 0. The van der Waals surface area contributed by atoms with Gasteiger partial charge in [0.2, 0.25) is 0 Å². The average molecular weight is 463 g/mol. The second-order valence-electron chi connectivity index (χ2n) is 8.37. The molecule has 2 aromatic carbocycles. The molecular formula is C26H30N4O4. The highest BCUT2D eigenvalue weighted by Gasteiger charge is 2.26. The van der Waals surface area contributed by atoms with Crippen LogP contribution in [-0.4, -0.2) is 68.6 Å². The summed E-state index contributed by atoms with van der Waals surface area (Å²) >= 11 is 0. The number of carbonyl (C=O) groups is 2. The van der Waals surface area contributed by atoms with E-state index in [1.54, 1.807) is 29.2 Å². The van der Waals surface area contributed by atoms with Gasteiger partial charge in [-0.15, -0.1) is 0 Å². The first-order chi connectivity index (χ1) is 16.5. The molecule has 0 aliphatic carbocycles. The minimum Gasteiger partial charge on any atom is -0.464 e. The number of amidine groups is 1. The van der Waals surface area contributed by atoms with Crippen LogP contribution in [0.2, 0.25) is 0 Å². The molecule has 8 heteroatoms. The van der Waals surface area contributed by atoms with Crippen LogP contribution in [0, 0.1) is 5.41 Å². The van der Waals surface area contributed by atoms with Crippen LogP contribution in [0.3, 0.4) is 0 Å². The SMILES string of the molecule is N=C(N)c1ccc(N2CC=C(c3ccc(CCC(=O)OCCN4CCOCC4)cc3)C2=O)cc1. The standard InChI is InChI=1S/C26H30N4O4/c27-25(28)21-6-8-22(9-7-21)30-12-11-23(26(30)32)20-4-1-19(2-5-20)3-10-24(31)34-18-15-29-13-16-33-17-14-29/h1-2,4-9,11H,3,10,12-18H2,(H3,27,28). The first-order valence-electron chi connectivity index (χ1n) is 11.5. The predicted molar refractivity (Wildman–Crippen MR) is 131 cm³/mol. The number of hydrogen-bond acceptors (Lipinski definition) is 6. The highest BCUT2D eigenvalue weighted by Crippen LogP contribution is 2.28. The number of rotatable bonds is 9. The quantitative estimate of drug-likeness (QED) is 0.336. The molecule has 2 aromatic rings. The van der Waals surface area contributed by atoms with Gasteiger partial charge < -0.3 is 20.1 Å². The zero-order chi connectivity index (χ0) is 23.9. The summed E-state index contributed by atoms with van der Waals surface area (Å²) in [4.78, 5) is 28.9. The number of aryl methyl sites for hydroxylation is 1. The smallest absolute Gasteiger partial charge is 0.306 e. The van der Waals surface area contributed by atoms with E-state index in [2.05, 4.69) is 4.90 Å². The van der Waals surface area contributed by atoms with Gasteiger partial charge >= 0.3 is 5.97 Å². The fraction of sp³-hybridized carbons (Fsp3) is 0.346. The van der Waals surface area contributed by atoms with Gasteiger partial charge in [-0.1, -0.05) is 30.3 Å². The van der Waals surface area contributed by atoms with Crippen LogP contribution in [0.4, 0.5) is 5.69 Å². The molecule has 0 bridgehead atoms. The van der Waals surface area contributed by atoms with Gasteiger partial charge in [-0.05, 0) is 41.8 Å². The summed E-state index contributed by atoms with van der Waals surface area (Å²) in [6.07, 6.45) is 2.84. The monoisotopic (exact) mass is 462 g/mol. The molecule has 0 atom stereocenters. The number of ether oxygens (including phenoxy) is 2. The molecule has 2 aliphatic heterocycles. The summed E-state index contributed by atoms with van der Waals surface area (Å²) in [5.41, 5.74) is 9.43. The van der Waals surface area contributed by atoms with E-state index in [1.165, 1.54) is 0 Å². The Morgan fingerprint density at radius 2 is 1.76 bits per heavy atom. The largest absolute Gasteiger partial charge is 0.464 e. The highest BCUT2D eigenvalue weighted by molar-refractivity contribution is 6.28. The number of benzene rings is 2. The maximum Gasteiger partial charge on any atom is 0.306 e. The lowest BCUT2D eigenvalue weighted by Crippen LogP contribution is -2.38. The van der Waals surface area contributed by atoms with Crippen molar-refractivity contribution in [3.8, 4) is 0 Å². The molecule has 2 aliphatic rings. The van der Waals surface area contributed by atoms with Crippen molar-refractivity contribution in [2.45, 2.75) is 12.8 Å². The normalized spacial score (nSPS) is 16.4. The van der Waals surface area contributed by atoms with Crippen molar-refractivity contribution >= 4 is 29.0 Å². The third-order valence-corrected chi connectivity index (χ3v) is 6.10. The van der Waals surface area contributed by atoms with Crippen molar-refractivity contribution < 1.29 is 19.1 Å². The van der Waals surface area contributed by atoms with Gasteiger partial charge in [0.1, 0.15) is 12.4 Å². The van der Waals surface area contributed by atoms with Crippen molar-refractivity contribution in [3.63, 3.8) is 0 Å². The van der Waals surface area contributed by atoms with Crippen molar-refractivity contribution in [1.82, 2.24) is 4.90 Å². The summed E-state index contributed by atoms with van der Waals surface area (Å²) < 4.78 is 10.7. The molecule has 2 heterocycles. The van der Waals surface area contributed by atoms with Crippen molar-refractivity contribution in [1.29, 1.82) is 5.41 Å². The average Bonchev–Trinajstić information content (AvgIpc) is 3.25. The summed E-state index contributed by atoms with van der Waals surface area (Å²) in [6, 6.07) is 14.8. The fourth-order valence-corrected chi connectivity index (χ4v) is 4.07. The Labute approximate surface area is 199 Å². The van der Waals surface area contributed by atoms with E-state index in [0.717, 1.165) is 49.7 Å². The molecule has 1 fully saturated rings. The predicted octanol–water partition coefficient (Wildman–Crippen LogP) is 2.21. The molecule has 178 valence electrons. The molecule has 8 nitrogen and oxygen atoms in total. The minimum absolute atomic E-state index is 0.000506. The molecule has 1 saturated heterocycles.